The fourth-order valence-corrected chi connectivity index (χ4v) is 6.72. The summed E-state index contributed by atoms with van der Waals surface area (Å²) < 4.78 is 32.7. The molecule has 0 unspecified atom stereocenters. The summed E-state index contributed by atoms with van der Waals surface area (Å²) in [6.07, 6.45) is 0.815. The van der Waals surface area contributed by atoms with Crippen LogP contribution in [-0.4, -0.2) is 59.6 Å². The van der Waals surface area contributed by atoms with E-state index in [0.29, 0.717) is 11.6 Å². The molecule has 1 saturated heterocycles. The number of ether oxygens (including phenoxy) is 1. The molecule has 2 aliphatic heterocycles. The minimum atomic E-state index is -4.01. The van der Waals surface area contributed by atoms with Crippen molar-refractivity contribution in [2.45, 2.75) is 22.8 Å². The molecule has 0 aliphatic carbocycles. The summed E-state index contributed by atoms with van der Waals surface area (Å²) >= 11 is 6.17. The molecule has 0 radical (unpaired) electrons. The van der Waals surface area contributed by atoms with Gasteiger partial charge >= 0.3 is 0 Å². The molecule has 0 aromatic heterocycles. The highest BCUT2D eigenvalue weighted by Gasteiger charge is 2.36. The lowest BCUT2D eigenvalue weighted by molar-refractivity contribution is -0.908. The average Bonchev–Trinajstić information content (AvgIpc) is 2.99. The minimum absolute atomic E-state index is 0.0229. The number of sulfone groups is 1. The van der Waals surface area contributed by atoms with E-state index in [1.807, 2.05) is 6.07 Å². The quantitative estimate of drug-likeness (QED) is 0.437. The predicted octanol–water partition coefficient (Wildman–Crippen LogP) is 2.37. The standard InChI is InChI=1S/C28H28ClN3O5S/c29-22-6-3-5-20(17-22)19-32-24-18-21(27(33)30-11-4-12-31-13-15-37-16-14-31)9-10-26(24)38(35,36)25-8-2-1-7-23(25)28(32)34/h1-3,5-10,17-18H,4,11-16,19H2,(H,30,33)/p+1. The van der Waals surface area contributed by atoms with Gasteiger partial charge in [-0.2, -0.15) is 0 Å². The Kier molecular flexibility index (Phi) is 7.80. The van der Waals surface area contributed by atoms with Gasteiger partial charge in [-0.1, -0.05) is 35.9 Å². The summed E-state index contributed by atoms with van der Waals surface area (Å²) in [5.41, 5.74) is 1.26. The van der Waals surface area contributed by atoms with Gasteiger partial charge in [0.2, 0.25) is 9.84 Å². The monoisotopic (exact) mass is 554 g/mol. The van der Waals surface area contributed by atoms with Crippen molar-refractivity contribution in [1.82, 2.24) is 5.32 Å². The first-order valence-electron chi connectivity index (χ1n) is 12.6. The third-order valence-electron chi connectivity index (χ3n) is 6.88. The molecule has 8 nitrogen and oxygen atoms in total. The van der Waals surface area contributed by atoms with Crippen LogP contribution < -0.4 is 15.1 Å². The maximum Gasteiger partial charge on any atom is 0.259 e. The maximum atomic E-state index is 13.7. The largest absolute Gasteiger partial charge is 0.370 e. The summed E-state index contributed by atoms with van der Waals surface area (Å²) in [5.74, 6) is -0.784. The molecule has 5 rings (SSSR count). The van der Waals surface area contributed by atoms with Crippen LogP contribution in [0.4, 0.5) is 5.69 Å². The van der Waals surface area contributed by atoms with Gasteiger partial charge in [0.05, 0.1) is 47.3 Å². The molecule has 3 aromatic carbocycles. The second-order valence-electron chi connectivity index (χ2n) is 9.43. The van der Waals surface area contributed by atoms with Gasteiger partial charge in [0.1, 0.15) is 13.1 Å². The smallest absolute Gasteiger partial charge is 0.259 e. The number of fused-ring (bicyclic) bond motifs is 2. The number of hydrogen-bond acceptors (Lipinski definition) is 5. The SMILES string of the molecule is O=C(NCCC[NH+]1CCOCC1)c1ccc2c(c1)N(Cc1cccc(Cl)c1)C(=O)c1ccccc1S2(=O)=O. The van der Waals surface area contributed by atoms with Crippen LogP contribution in [0.1, 0.15) is 32.7 Å². The molecule has 38 heavy (non-hydrogen) atoms. The number of nitrogens with one attached hydrogen (secondary N) is 2. The zero-order valence-electron chi connectivity index (χ0n) is 20.8. The van der Waals surface area contributed by atoms with Crippen LogP contribution in [0.5, 0.6) is 0 Å². The highest BCUT2D eigenvalue weighted by molar-refractivity contribution is 7.91. The van der Waals surface area contributed by atoms with Gasteiger partial charge in [0, 0.05) is 23.6 Å². The van der Waals surface area contributed by atoms with Crippen molar-refractivity contribution in [2.24, 2.45) is 0 Å². The Labute approximate surface area is 227 Å². The topological polar surface area (TPSA) is 97.2 Å². The average molecular weight is 555 g/mol. The van der Waals surface area contributed by atoms with E-state index >= 15 is 0 Å². The molecule has 2 heterocycles. The van der Waals surface area contributed by atoms with Gasteiger partial charge in [0.25, 0.3) is 11.8 Å². The fraction of sp³-hybridized carbons (Fsp3) is 0.286. The summed E-state index contributed by atoms with van der Waals surface area (Å²) in [6.45, 7) is 4.96. The van der Waals surface area contributed by atoms with Gasteiger partial charge in [-0.15, -0.1) is 0 Å². The number of halogens is 1. The van der Waals surface area contributed by atoms with Crippen LogP contribution in [0.3, 0.4) is 0 Å². The van der Waals surface area contributed by atoms with E-state index in [-0.39, 0.29) is 39.1 Å². The first-order chi connectivity index (χ1) is 18.3. The van der Waals surface area contributed by atoms with Crippen molar-refractivity contribution < 1.29 is 27.6 Å². The van der Waals surface area contributed by atoms with Gasteiger partial charge in [-0.25, -0.2) is 8.42 Å². The lowest BCUT2D eigenvalue weighted by Crippen LogP contribution is -3.14. The number of amides is 2. The number of quaternary nitrogens is 1. The third-order valence-corrected chi connectivity index (χ3v) is 8.97. The molecule has 198 valence electrons. The molecule has 2 aliphatic rings. The first kappa shape index (κ1) is 26.4. The van der Waals surface area contributed by atoms with Crippen molar-refractivity contribution in [3.05, 3.63) is 88.4 Å². The molecule has 0 saturated carbocycles. The fourth-order valence-electron chi connectivity index (χ4n) is 4.88. The molecular weight excluding hydrogens is 526 g/mol. The van der Waals surface area contributed by atoms with Crippen molar-refractivity contribution in [1.29, 1.82) is 0 Å². The van der Waals surface area contributed by atoms with Crippen LogP contribution in [-0.2, 0) is 21.1 Å². The van der Waals surface area contributed by atoms with Crippen molar-refractivity contribution in [3.8, 4) is 0 Å². The first-order valence-corrected chi connectivity index (χ1v) is 14.4. The minimum Gasteiger partial charge on any atom is -0.370 e. The van der Waals surface area contributed by atoms with Gasteiger partial charge in [-0.3, -0.25) is 9.59 Å². The van der Waals surface area contributed by atoms with Crippen molar-refractivity contribution >= 4 is 38.9 Å². The van der Waals surface area contributed by atoms with Crippen molar-refractivity contribution in [3.63, 3.8) is 0 Å². The van der Waals surface area contributed by atoms with E-state index < -0.39 is 15.7 Å². The van der Waals surface area contributed by atoms with Crippen LogP contribution in [0.15, 0.2) is 76.5 Å². The molecule has 10 heteroatoms. The van der Waals surface area contributed by atoms with Gasteiger partial charge < -0.3 is 19.9 Å². The van der Waals surface area contributed by atoms with E-state index in [4.69, 9.17) is 16.3 Å². The zero-order valence-corrected chi connectivity index (χ0v) is 22.4. The highest BCUT2D eigenvalue weighted by Crippen LogP contribution is 2.38. The van der Waals surface area contributed by atoms with Crippen LogP contribution in [0, 0.1) is 0 Å². The Morgan fingerprint density at radius 1 is 1.00 bits per heavy atom. The highest BCUT2D eigenvalue weighted by atomic mass is 35.5. The number of carbonyl (C=O) groups is 2. The maximum absolute atomic E-state index is 13.7. The molecule has 1 fully saturated rings. The molecule has 2 N–H and O–H groups in total. The third kappa shape index (κ3) is 5.47. The number of nitrogens with zero attached hydrogens (tertiary/aromatic N) is 1. The molecule has 0 atom stereocenters. The van der Waals surface area contributed by atoms with Crippen LogP contribution in [0.2, 0.25) is 5.02 Å². The second kappa shape index (κ2) is 11.2. The van der Waals surface area contributed by atoms with E-state index in [0.717, 1.165) is 44.8 Å². The lowest BCUT2D eigenvalue weighted by atomic mass is 10.1. The Hall–Kier alpha value is -3.24. The number of anilines is 1. The zero-order chi connectivity index (χ0) is 26.7. The summed E-state index contributed by atoms with van der Waals surface area (Å²) in [7, 11) is -4.01. The summed E-state index contributed by atoms with van der Waals surface area (Å²) in [5, 5.41) is 3.43. The number of hydrogen-bond donors (Lipinski definition) is 2. The van der Waals surface area contributed by atoms with Crippen LogP contribution in [0.25, 0.3) is 0 Å². The normalized spacial score (nSPS) is 16.9. The predicted molar refractivity (Wildman–Crippen MR) is 144 cm³/mol. The lowest BCUT2D eigenvalue weighted by Gasteiger charge is -2.24. The summed E-state index contributed by atoms with van der Waals surface area (Å²) in [4.78, 5) is 29.5. The second-order valence-corrected chi connectivity index (χ2v) is 11.7. The van der Waals surface area contributed by atoms with E-state index in [9.17, 15) is 18.0 Å². The van der Waals surface area contributed by atoms with Gasteiger partial charge in [0.15, 0.2) is 0 Å². The number of benzene rings is 3. The Morgan fingerprint density at radius 2 is 1.79 bits per heavy atom. The van der Waals surface area contributed by atoms with Crippen LogP contribution >= 0.6 is 11.6 Å². The molecule has 0 spiro atoms. The van der Waals surface area contributed by atoms with E-state index in [2.05, 4.69) is 5.32 Å². The number of carbonyl (C=O) groups excluding carboxylic acids is 2. The Morgan fingerprint density at radius 3 is 2.58 bits per heavy atom. The van der Waals surface area contributed by atoms with E-state index in [1.54, 1.807) is 30.3 Å². The number of rotatable bonds is 7. The Balaban J connectivity index is 1.45. The van der Waals surface area contributed by atoms with Crippen molar-refractivity contribution in [2.75, 3.05) is 44.3 Å². The van der Waals surface area contributed by atoms with Gasteiger partial charge in [-0.05, 0) is 48.0 Å². The molecule has 2 amide bonds. The molecule has 3 aromatic rings. The Bertz CT molecular complexity index is 1470. The summed E-state index contributed by atoms with van der Waals surface area (Å²) in [6, 6.07) is 17.6. The molecular formula is C28H29ClN3O5S+. The molecule has 0 bridgehead atoms. The number of morpholine rings is 1. The van der Waals surface area contributed by atoms with E-state index in [1.165, 1.54) is 40.1 Å².